The number of hydrogen-bond donors (Lipinski definition) is 0. The first kappa shape index (κ1) is 23.4. The van der Waals surface area contributed by atoms with E-state index in [1.165, 1.54) is 10.8 Å². The van der Waals surface area contributed by atoms with Crippen LogP contribution in [0.4, 0.5) is 0 Å². The van der Waals surface area contributed by atoms with E-state index in [0.29, 0.717) is 0 Å². The number of pyridine rings is 2. The van der Waals surface area contributed by atoms with Crippen molar-refractivity contribution in [3.05, 3.63) is 152 Å². The summed E-state index contributed by atoms with van der Waals surface area (Å²) in [5, 5.41) is 3.53. The van der Waals surface area contributed by atoms with Crippen molar-refractivity contribution >= 4 is 27.3 Å². The molecule has 0 bridgehead atoms. The molecule has 0 aliphatic carbocycles. The van der Waals surface area contributed by atoms with E-state index in [4.69, 9.17) is 4.98 Å². The van der Waals surface area contributed by atoms with Gasteiger partial charge < -0.3 is 0 Å². The molecule has 0 aliphatic rings. The first-order valence-electron chi connectivity index (χ1n) is 13.8. The van der Waals surface area contributed by atoms with Crippen molar-refractivity contribution < 1.29 is 0 Å². The molecule has 0 saturated heterocycles. The summed E-state index contributed by atoms with van der Waals surface area (Å²) in [6.45, 7) is 0. The first-order chi connectivity index (χ1) is 20.3. The molecule has 0 saturated carbocycles. The lowest BCUT2D eigenvalue weighted by atomic mass is 9.97. The molecule has 5 aromatic carbocycles. The van der Waals surface area contributed by atoms with Crippen LogP contribution >= 0.6 is 0 Å². The average Bonchev–Trinajstić information content (AvgIpc) is 3.47. The van der Waals surface area contributed by atoms with E-state index in [0.717, 1.165) is 61.4 Å². The Morgan fingerprint density at radius 3 is 1.93 bits per heavy atom. The predicted octanol–water partition coefficient (Wildman–Crippen LogP) is 9.70. The third-order valence-corrected chi connectivity index (χ3v) is 7.82. The normalized spacial score (nSPS) is 11.4. The molecule has 0 N–H and O–H groups in total. The highest BCUT2D eigenvalue weighted by Crippen LogP contribution is 2.40. The van der Waals surface area contributed by atoms with Gasteiger partial charge in [0.05, 0.1) is 22.6 Å². The zero-order valence-electron chi connectivity index (χ0n) is 22.3. The van der Waals surface area contributed by atoms with Crippen molar-refractivity contribution in [2.75, 3.05) is 0 Å². The molecule has 0 amide bonds. The van der Waals surface area contributed by atoms with Gasteiger partial charge >= 0.3 is 0 Å². The molecular weight excluding hydrogens is 498 g/mol. The second kappa shape index (κ2) is 9.58. The summed E-state index contributed by atoms with van der Waals surface area (Å²) in [7, 11) is 0. The van der Waals surface area contributed by atoms with E-state index in [1.54, 1.807) is 0 Å². The van der Waals surface area contributed by atoms with Crippen LogP contribution in [0.15, 0.2) is 152 Å². The molecule has 3 heterocycles. The van der Waals surface area contributed by atoms with E-state index in [9.17, 15) is 0 Å². The molecule has 0 radical (unpaired) electrons. The highest BCUT2D eigenvalue weighted by atomic mass is 15.0. The van der Waals surface area contributed by atoms with Gasteiger partial charge in [0.2, 0.25) is 0 Å². The van der Waals surface area contributed by atoms with Crippen LogP contribution < -0.4 is 0 Å². The lowest BCUT2D eigenvalue weighted by Crippen LogP contribution is -1.94. The highest BCUT2D eigenvalue weighted by molar-refractivity contribution is 6.14. The largest absolute Gasteiger partial charge is 0.291 e. The summed E-state index contributed by atoms with van der Waals surface area (Å²) in [5.74, 6) is 0. The molecule has 3 aromatic heterocycles. The second-order valence-electron chi connectivity index (χ2n) is 10.3. The highest BCUT2D eigenvalue weighted by Gasteiger charge is 2.20. The van der Waals surface area contributed by atoms with Gasteiger partial charge in [-0.25, -0.2) is 4.98 Å². The fourth-order valence-corrected chi connectivity index (χ4v) is 5.93. The van der Waals surface area contributed by atoms with Crippen LogP contribution in [0.1, 0.15) is 0 Å². The van der Waals surface area contributed by atoms with Gasteiger partial charge in [0.1, 0.15) is 5.65 Å². The summed E-state index contributed by atoms with van der Waals surface area (Å²) < 4.78 is 2.35. The van der Waals surface area contributed by atoms with Crippen molar-refractivity contribution in [2.24, 2.45) is 0 Å². The molecule has 0 spiro atoms. The Bertz CT molecular complexity index is 2180. The maximum atomic E-state index is 5.39. The monoisotopic (exact) mass is 523 g/mol. The molecule has 192 valence electrons. The zero-order valence-corrected chi connectivity index (χ0v) is 22.3. The molecule has 0 unspecified atom stereocenters. The summed E-state index contributed by atoms with van der Waals surface area (Å²) in [5.41, 5.74) is 10.8. The number of nitrogens with zero attached hydrogens (tertiary/aromatic N) is 3. The van der Waals surface area contributed by atoms with Crippen LogP contribution in [-0.4, -0.2) is 14.4 Å². The predicted molar refractivity (Wildman–Crippen MR) is 170 cm³/mol. The number of fused-ring (bicyclic) bond motifs is 6. The maximum Gasteiger partial charge on any atom is 0.146 e. The van der Waals surface area contributed by atoms with Gasteiger partial charge in [0, 0.05) is 33.7 Å². The molecule has 0 atom stereocenters. The van der Waals surface area contributed by atoms with E-state index in [-0.39, 0.29) is 0 Å². The summed E-state index contributed by atoms with van der Waals surface area (Å²) >= 11 is 0. The number of imidazole rings is 1. The standard InChI is InChI=1S/C38H25N3/c1-3-12-26(13-4-1)36-37(27-14-5-2-6-15-27)41-35-20-8-7-18-32(35)31-22-21-29(25-33(31)38(41)40-36)28-16-11-17-30(24-28)34-19-9-10-23-39-34/h1-25H. The van der Waals surface area contributed by atoms with Gasteiger partial charge in [0.15, 0.2) is 0 Å². The van der Waals surface area contributed by atoms with Crippen molar-refractivity contribution in [3.63, 3.8) is 0 Å². The van der Waals surface area contributed by atoms with Crippen LogP contribution in [0.2, 0.25) is 0 Å². The van der Waals surface area contributed by atoms with E-state index in [2.05, 4.69) is 143 Å². The number of para-hydroxylation sites is 1. The van der Waals surface area contributed by atoms with E-state index < -0.39 is 0 Å². The van der Waals surface area contributed by atoms with Crippen molar-refractivity contribution in [3.8, 4) is 44.9 Å². The fourth-order valence-electron chi connectivity index (χ4n) is 5.93. The Morgan fingerprint density at radius 1 is 0.439 bits per heavy atom. The molecular formula is C38H25N3. The van der Waals surface area contributed by atoms with Gasteiger partial charge in [-0.3, -0.25) is 9.38 Å². The molecule has 41 heavy (non-hydrogen) atoms. The Labute approximate surface area is 238 Å². The summed E-state index contributed by atoms with van der Waals surface area (Å²) in [4.78, 5) is 9.96. The lowest BCUT2D eigenvalue weighted by Gasteiger charge is -2.13. The van der Waals surface area contributed by atoms with Crippen LogP contribution in [0.3, 0.4) is 0 Å². The third kappa shape index (κ3) is 3.90. The number of benzene rings is 5. The molecule has 8 aromatic rings. The third-order valence-electron chi connectivity index (χ3n) is 7.82. The molecule has 3 nitrogen and oxygen atoms in total. The average molecular weight is 524 g/mol. The summed E-state index contributed by atoms with van der Waals surface area (Å²) in [6.07, 6.45) is 1.84. The SMILES string of the molecule is c1ccc(-c2nc3c4cc(-c5cccc(-c6ccccn6)c5)ccc4c4ccccc4n3c2-c2ccccc2)cc1. The maximum absolute atomic E-state index is 5.39. The Kier molecular flexibility index (Phi) is 5.46. The van der Waals surface area contributed by atoms with Crippen molar-refractivity contribution in [1.29, 1.82) is 0 Å². The van der Waals surface area contributed by atoms with Crippen LogP contribution in [-0.2, 0) is 0 Å². The first-order valence-corrected chi connectivity index (χ1v) is 13.8. The van der Waals surface area contributed by atoms with Gasteiger partial charge in [-0.15, -0.1) is 0 Å². The number of aromatic nitrogens is 3. The summed E-state index contributed by atoms with van der Waals surface area (Å²) in [6, 6.07) is 51.2. The molecule has 0 fully saturated rings. The Balaban J connectivity index is 1.45. The van der Waals surface area contributed by atoms with Gasteiger partial charge in [-0.1, -0.05) is 115 Å². The van der Waals surface area contributed by atoms with Crippen molar-refractivity contribution in [2.45, 2.75) is 0 Å². The zero-order chi connectivity index (χ0) is 27.2. The minimum atomic E-state index is 0.958. The van der Waals surface area contributed by atoms with E-state index >= 15 is 0 Å². The second-order valence-corrected chi connectivity index (χ2v) is 10.3. The Morgan fingerprint density at radius 2 is 1.12 bits per heavy atom. The molecule has 3 heteroatoms. The van der Waals surface area contributed by atoms with Crippen molar-refractivity contribution in [1.82, 2.24) is 14.4 Å². The number of hydrogen-bond acceptors (Lipinski definition) is 2. The van der Waals surface area contributed by atoms with Gasteiger partial charge in [-0.2, -0.15) is 0 Å². The van der Waals surface area contributed by atoms with Crippen LogP contribution in [0.5, 0.6) is 0 Å². The van der Waals surface area contributed by atoms with Crippen LogP contribution in [0.25, 0.3) is 72.2 Å². The van der Waals surface area contributed by atoms with Gasteiger partial charge in [0.25, 0.3) is 0 Å². The minimum absolute atomic E-state index is 0.958. The quantitative estimate of drug-likeness (QED) is 0.215. The number of rotatable bonds is 4. The fraction of sp³-hybridized carbons (Fsp3) is 0. The topological polar surface area (TPSA) is 30.2 Å². The minimum Gasteiger partial charge on any atom is -0.291 e. The van der Waals surface area contributed by atoms with Gasteiger partial charge in [-0.05, 0) is 46.8 Å². The molecule has 8 rings (SSSR count). The molecule has 0 aliphatic heterocycles. The lowest BCUT2D eigenvalue weighted by molar-refractivity contribution is 1.27. The van der Waals surface area contributed by atoms with Crippen LogP contribution in [0, 0.1) is 0 Å². The smallest absolute Gasteiger partial charge is 0.146 e. The van der Waals surface area contributed by atoms with E-state index in [1.807, 2.05) is 18.3 Å². The Hall–Kier alpha value is -5.54.